The molecule has 0 unspecified atom stereocenters. The van der Waals surface area contributed by atoms with Gasteiger partial charge in [-0.3, -0.25) is 0 Å². The van der Waals surface area contributed by atoms with E-state index in [2.05, 4.69) is 185 Å². The van der Waals surface area contributed by atoms with Crippen LogP contribution in [0.25, 0.3) is 121 Å². The Morgan fingerprint density at radius 3 is 1.73 bits per heavy atom. The lowest BCUT2D eigenvalue weighted by molar-refractivity contribution is 0.669. The molecule has 13 rings (SSSR count). The SMILES string of the molecule is c1cc(-n2c3ccccc3c3ccccc32)c2cc3c(cc2c1)c1ccccc1n3-c1ccc(-c2nc(-c3ccc4oc5ccccc5c4c3)c3ccccc3n2)cc1. The second kappa shape index (κ2) is 12.2. The zero-order valence-corrected chi connectivity index (χ0v) is 31.7. The van der Waals surface area contributed by atoms with E-state index in [0.29, 0.717) is 5.82 Å². The van der Waals surface area contributed by atoms with E-state index in [-0.39, 0.29) is 0 Å². The van der Waals surface area contributed by atoms with Crippen molar-refractivity contribution in [1.82, 2.24) is 19.1 Å². The summed E-state index contributed by atoms with van der Waals surface area (Å²) < 4.78 is 11.0. The minimum atomic E-state index is 0.687. The number of hydrogen-bond acceptors (Lipinski definition) is 3. The highest BCUT2D eigenvalue weighted by atomic mass is 16.3. The van der Waals surface area contributed by atoms with Gasteiger partial charge in [0.25, 0.3) is 0 Å². The van der Waals surface area contributed by atoms with Gasteiger partial charge in [-0.05, 0) is 96.4 Å². The minimum absolute atomic E-state index is 0.687. The molecule has 0 aliphatic rings. The Hall–Kier alpha value is -8.02. The number of benzene rings is 9. The van der Waals surface area contributed by atoms with E-state index in [1.54, 1.807) is 0 Å². The Morgan fingerprint density at radius 1 is 0.356 bits per heavy atom. The molecule has 0 fully saturated rings. The predicted octanol–water partition coefficient (Wildman–Crippen LogP) is 14.2. The zero-order valence-electron chi connectivity index (χ0n) is 31.7. The third-order valence-electron chi connectivity index (χ3n) is 12.1. The highest BCUT2D eigenvalue weighted by Gasteiger charge is 2.19. The van der Waals surface area contributed by atoms with Crippen molar-refractivity contribution in [1.29, 1.82) is 0 Å². The molecule has 5 nitrogen and oxygen atoms in total. The quantitative estimate of drug-likeness (QED) is 0.180. The summed E-state index contributed by atoms with van der Waals surface area (Å²) in [4.78, 5) is 10.4. The monoisotopic (exact) mass is 752 g/mol. The highest BCUT2D eigenvalue weighted by molar-refractivity contribution is 6.16. The van der Waals surface area contributed by atoms with Crippen LogP contribution in [0, 0.1) is 0 Å². The standard InChI is InChI=1S/C54H32N4O/c1-6-18-45-41(17-1)53(35-26-29-52-44(31-35)40-16-5-10-23-51(40)59-52)56-54(55-45)33-24-27-36(28-25-33)57-46-19-7-4-15-39(46)43-30-34-12-11-22-49(42(34)32-50(43)57)58-47-20-8-2-13-37(47)38-14-3-9-21-48(38)58/h1-32H. The molecule has 0 bridgehead atoms. The Labute approximate surface area is 337 Å². The van der Waals surface area contributed by atoms with Gasteiger partial charge >= 0.3 is 0 Å². The first kappa shape index (κ1) is 32.1. The van der Waals surface area contributed by atoms with Gasteiger partial charge in [0.05, 0.1) is 39.0 Å². The van der Waals surface area contributed by atoms with Crippen molar-refractivity contribution in [3.8, 4) is 34.0 Å². The van der Waals surface area contributed by atoms with Gasteiger partial charge in [-0.15, -0.1) is 0 Å². The van der Waals surface area contributed by atoms with Crippen molar-refractivity contribution >= 4 is 87.2 Å². The average molecular weight is 753 g/mol. The molecular weight excluding hydrogens is 721 g/mol. The van der Waals surface area contributed by atoms with Gasteiger partial charge in [-0.1, -0.05) is 103 Å². The normalized spacial score (nSPS) is 12.1. The van der Waals surface area contributed by atoms with E-state index in [4.69, 9.17) is 14.4 Å². The smallest absolute Gasteiger partial charge is 0.160 e. The lowest BCUT2D eigenvalue weighted by atomic mass is 10.0. The first-order valence-electron chi connectivity index (χ1n) is 20.0. The summed E-state index contributed by atoms with van der Waals surface area (Å²) in [6, 6.07) is 69.1. The fraction of sp³-hybridized carbons (Fsp3) is 0. The summed E-state index contributed by atoms with van der Waals surface area (Å²) in [5.41, 5.74) is 12.5. The number of aromatic nitrogens is 4. The second-order valence-corrected chi connectivity index (χ2v) is 15.4. The molecular formula is C54H32N4O. The van der Waals surface area contributed by atoms with Gasteiger partial charge in [0.15, 0.2) is 5.82 Å². The second-order valence-electron chi connectivity index (χ2n) is 15.4. The molecule has 0 saturated heterocycles. The molecule has 0 radical (unpaired) electrons. The van der Waals surface area contributed by atoms with Gasteiger partial charge in [0, 0.05) is 59.9 Å². The predicted molar refractivity (Wildman–Crippen MR) is 244 cm³/mol. The van der Waals surface area contributed by atoms with Crippen LogP contribution in [-0.4, -0.2) is 19.1 Å². The van der Waals surface area contributed by atoms with E-state index < -0.39 is 0 Å². The summed E-state index contributed by atoms with van der Waals surface area (Å²) in [6.45, 7) is 0. The molecule has 0 N–H and O–H groups in total. The number of furan rings is 1. The molecule has 5 heteroatoms. The first-order chi connectivity index (χ1) is 29.2. The molecule has 0 atom stereocenters. The summed E-state index contributed by atoms with van der Waals surface area (Å²) in [5, 5.41) is 10.5. The number of rotatable bonds is 4. The molecule has 13 aromatic rings. The minimum Gasteiger partial charge on any atom is -0.456 e. The Balaban J connectivity index is 0.979. The molecule has 0 spiro atoms. The molecule has 4 aromatic heterocycles. The van der Waals surface area contributed by atoms with Crippen molar-refractivity contribution in [2.45, 2.75) is 0 Å². The Morgan fingerprint density at radius 2 is 0.966 bits per heavy atom. The average Bonchev–Trinajstić information content (AvgIpc) is 3.95. The fourth-order valence-electron chi connectivity index (χ4n) is 9.44. The van der Waals surface area contributed by atoms with Gasteiger partial charge in [-0.2, -0.15) is 0 Å². The van der Waals surface area contributed by atoms with Crippen molar-refractivity contribution in [3.05, 3.63) is 194 Å². The van der Waals surface area contributed by atoms with Crippen LogP contribution in [0.1, 0.15) is 0 Å². The van der Waals surface area contributed by atoms with Crippen LogP contribution < -0.4 is 0 Å². The van der Waals surface area contributed by atoms with Gasteiger partial charge in [0.2, 0.25) is 0 Å². The lowest BCUT2D eigenvalue weighted by Gasteiger charge is -2.14. The van der Waals surface area contributed by atoms with E-state index in [9.17, 15) is 0 Å². The maximum Gasteiger partial charge on any atom is 0.160 e. The van der Waals surface area contributed by atoms with Crippen molar-refractivity contribution in [3.63, 3.8) is 0 Å². The zero-order chi connectivity index (χ0) is 38.6. The summed E-state index contributed by atoms with van der Waals surface area (Å²) in [6.07, 6.45) is 0. The maximum atomic E-state index is 6.16. The molecule has 274 valence electrons. The van der Waals surface area contributed by atoms with E-state index in [1.807, 2.05) is 18.2 Å². The van der Waals surface area contributed by atoms with Crippen molar-refractivity contribution in [2.24, 2.45) is 0 Å². The van der Waals surface area contributed by atoms with Gasteiger partial charge in [-0.25, -0.2) is 9.97 Å². The molecule has 0 amide bonds. The lowest BCUT2D eigenvalue weighted by Crippen LogP contribution is -1.98. The topological polar surface area (TPSA) is 48.8 Å². The molecule has 0 aliphatic carbocycles. The number of hydrogen-bond donors (Lipinski definition) is 0. The summed E-state index contributed by atoms with van der Waals surface area (Å²) >= 11 is 0. The van der Waals surface area contributed by atoms with Crippen LogP contribution in [0.3, 0.4) is 0 Å². The van der Waals surface area contributed by atoms with Crippen LogP contribution >= 0.6 is 0 Å². The highest BCUT2D eigenvalue weighted by Crippen LogP contribution is 2.40. The van der Waals surface area contributed by atoms with E-state index in [1.165, 1.54) is 49.0 Å². The molecule has 59 heavy (non-hydrogen) atoms. The Kier molecular flexibility index (Phi) is 6.66. The first-order valence-corrected chi connectivity index (χ1v) is 20.0. The van der Waals surface area contributed by atoms with Crippen LogP contribution in [-0.2, 0) is 0 Å². The van der Waals surface area contributed by atoms with Crippen LogP contribution in [0.2, 0.25) is 0 Å². The molecule has 0 aliphatic heterocycles. The largest absolute Gasteiger partial charge is 0.456 e. The van der Waals surface area contributed by atoms with Crippen molar-refractivity contribution < 1.29 is 4.42 Å². The molecule has 9 aromatic carbocycles. The maximum absolute atomic E-state index is 6.16. The third-order valence-corrected chi connectivity index (χ3v) is 12.1. The van der Waals surface area contributed by atoms with Crippen LogP contribution in [0.15, 0.2) is 199 Å². The number of fused-ring (bicyclic) bond motifs is 11. The summed E-state index contributed by atoms with van der Waals surface area (Å²) in [7, 11) is 0. The van der Waals surface area contributed by atoms with Gasteiger partial charge < -0.3 is 13.6 Å². The molecule has 4 heterocycles. The van der Waals surface area contributed by atoms with Crippen LogP contribution in [0.5, 0.6) is 0 Å². The summed E-state index contributed by atoms with van der Waals surface area (Å²) in [5.74, 6) is 0.687. The van der Waals surface area contributed by atoms with Crippen LogP contribution in [0.4, 0.5) is 0 Å². The third kappa shape index (κ3) is 4.73. The van der Waals surface area contributed by atoms with Gasteiger partial charge in [0.1, 0.15) is 11.2 Å². The number of para-hydroxylation sites is 5. The van der Waals surface area contributed by atoms with E-state index >= 15 is 0 Å². The fourth-order valence-corrected chi connectivity index (χ4v) is 9.44. The Bertz CT molecular complexity index is 3800. The van der Waals surface area contributed by atoms with E-state index in [0.717, 1.165) is 66.4 Å². The van der Waals surface area contributed by atoms with Crippen molar-refractivity contribution in [2.75, 3.05) is 0 Å². The molecule has 0 saturated carbocycles. The number of nitrogens with zero attached hydrogens (tertiary/aromatic N) is 4.